The maximum atomic E-state index is 13.3. The van der Waals surface area contributed by atoms with Gasteiger partial charge in [-0.15, -0.1) is 0 Å². The van der Waals surface area contributed by atoms with Crippen LogP contribution in [-0.4, -0.2) is 12.9 Å². The van der Waals surface area contributed by atoms with E-state index in [1.807, 2.05) is 0 Å². The lowest BCUT2D eigenvalue weighted by molar-refractivity contribution is 0.628. The molecule has 1 aliphatic rings. The van der Waals surface area contributed by atoms with Gasteiger partial charge in [-0.05, 0) is 25.0 Å². The van der Waals surface area contributed by atoms with Crippen LogP contribution in [-0.2, 0) is 0 Å². The number of nitrogens with zero attached hydrogens (tertiary/aromatic N) is 1. The van der Waals surface area contributed by atoms with Crippen LogP contribution in [0.2, 0.25) is 0 Å². The lowest BCUT2D eigenvalue weighted by Gasteiger charge is -2.20. The SMILES string of the molecule is CN(C(=N)C1CC1)c1ccccc1F. The Kier molecular flexibility index (Phi) is 2.23. The van der Waals surface area contributed by atoms with Gasteiger partial charge in [0.2, 0.25) is 0 Å². The third-order valence-electron chi connectivity index (χ3n) is 2.54. The van der Waals surface area contributed by atoms with Crippen molar-refractivity contribution in [3.63, 3.8) is 0 Å². The minimum atomic E-state index is -0.264. The fourth-order valence-electron chi connectivity index (χ4n) is 1.48. The average molecular weight is 192 g/mol. The van der Waals surface area contributed by atoms with E-state index in [1.54, 1.807) is 30.1 Å². The Balaban J connectivity index is 2.21. The quantitative estimate of drug-likeness (QED) is 0.566. The van der Waals surface area contributed by atoms with Crippen molar-refractivity contribution in [3.8, 4) is 0 Å². The molecule has 0 atom stereocenters. The Hall–Kier alpha value is -1.38. The molecule has 2 nitrogen and oxygen atoms in total. The molecule has 0 radical (unpaired) electrons. The van der Waals surface area contributed by atoms with E-state index in [1.165, 1.54) is 6.07 Å². The van der Waals surface area contributed by atoms with E-state index in [4.69, 9.17) is 5.41 Å². The zero-order chi connectivity index (χ0) is 10.1. The minimum Gasteiger partial charge on any atom is -0.331 e. The number of nitrogens with one attached hydrogen (secondary N) is 1. The van der Waals surface area contributed by atoms with Crippen molar-refractivity contribution in [3.05, 3.63) is 30.1 Å². The van der Waals surface area contributed by atoms with Crippen molar-refractivity contribution >= 4 is 11.5 Å². The highest BCUT2D eigenvalue weighted by molar-refractivity contribution is 5.98. The first-order valence-corrected chi connectivity index (χ1v) is 4.77. The molecule has 1 N–H and O–H groups in total. The molecule has 0 heterocycles. The van der Waals surface area contributed by atoms with Gasteiger partial charge < -0.3 is 4.90 Å². The zero-order valence-corrected chi connectivity index (χ0v) is 8.13. The van der Waals surface area contributed by atoms with Gasteiger partial charge in [-0.3, -0.25) is 5.41 Å². The predicted molar refractivity (Wildman–Crippen MR) is 55.3 cm³/mol. The first kappa shape index (κ1) is 9.19. The van der Waals surface area contributed by atoms with Crippen LogP contribution in [0.5, 0.6) is 0 Å². The first-order valence-electron chi connectivity index (χ1n) is 4.77. The fourth-order valence-corrected chi connectivity index (χ4v) is 1.48. The highest BCUT2D eigenvalue weighted by atomic mass is 19.1. The van der Waals surface area contributed by atoms with E-state index in [2.05, 4.69) is 0 Å². The summed E-state index contributed by atoms with van der Waals surface area (Å²) in [5.41, 5.74) is 0.490. The van der Waals surface area contributed by atoms with E-state index in [9.17, 15) is 4.39 Å². The zero-order valence-electron chi connectivity index (χ0n) is 8.13. The van der Waals surface area contributed by atoms with Crippen molar-refractivity contribution in [1.82, 2.24) is 0 Å². The molecule has 74 valence electrons. The van der Waals surface area contributed by atoms with E-state index >= 15 is 0 Å². The Morgan fingerprint density at radius 1 is 1.43 bits per heavy atom. The lowest BCUT2D eigenvalue weighted by atomic mass is 10.2. The number of rotatable bonds is 2. The Bertz CT molecular complexity index is 358. The number of anilines is 1. The number of hydrogen-bond donors (Lipinski definition) is 1. The van der Waals surface area contributed by atoms with Gasteiger partial charge in [0, 0.05) is 13.0 Å². The van der Waals surface area contributed by atoms with Crippen molar-refractivity contribution < 1.29 is 4.39 Å². The first-order chi connectivity index (χ1) is 6.70. The summed E-state index contributed by atoms with van der Waals surface area (Å²) >= 11 is 0. The summed E-state index contributed by atoms with van der Waals surface area (Å²) in [5, 5.41) is 7.81. The molecule has 1 aliphatic carbocycles. The van der Waals surface area contributed by atoms with E-state index in [-0.39, 0.29) is 5.82 Å². The summed E-state index contributed by atoms with van der Waals surface area (Å²) < 4.78 is 13.3. The Morgan fingerprint density at radius 3 is 2.64 bits per heavy atom. The molecule has 0 unspecified atom stereocenters. The largest absolute Gasteiger partial charge is 0.331 e. The molecule has 2 rings (SSSR count). The van der Waals surface area contributed by atoms with Gasteiger partial charge in [-0.25, -0.2) is 4.39 Å². The van der Waals surface area contributed by atoms with Gasteiger partial charge in [0.05, 0.1) is 5.69 Å². The number of benzene rings is 1. The molecule has 0 aromatic heterocycles. The monoisotopic (exact) mass is 192 g/mol. The lowest BCUT2D eigenvalue weighted by Crippen LogP contribution is -2.27. The molecular weight excluding hydrogens is 179 g/mol. The van der Waals surface area contributed by atoms with Crippen LogP contribution in [0.1, 0.15) is 12.8 Å². The molecule has 0 saturated heterocycles. The highest BCUT2D eigenvalue weighted by Crippen LogP contribution is 2.32. The third kappa shape index (κ3) is 1.62. The second kappa shape index (κ2) is 3.40. The van der Waals surface area contributed by atoms with Crippen LogP contribution in [0.3, 0.4) is 0 Å². The second-order valence-electron chi connectivity index (χ2n) is 3.67. The molecule has 1 aromatic rings. The molecule has 1 aromatic carbocycles. The normalized spacial score (nSPS) is 15.3. The third-order valence-corrected chi connectivity index (χ3v) is 2.54. The molecular formula is C11H13FN2. The fraction of sp³-hybridized carbons (Fsp3) is 0.364. The summed E-state index contributed by atoms with van der Waals surface area (Å²) in [6.45, 7) is 0. The van der Waals surface area contributed by atoms with Crippen molar-refractivity contribution in [1.29, 1.82) is 5.41 Å². The highest BCUT2D eigenvalue weighted by Gasteiger charge is 2.29. The molecule has 1 fully saturated rings. The molecule has 3 heteroatoms. The van der Waals surface area contributed by atoms with Crippen LogP contribution in [0, 0.1) is 17.1 Å². The summed E-state index contributed by atoms with van der Waals surface area (Å²) in [4.78, 5) is 1.63. The van der Waals surface area contributed by atoms with Gasteiger partial charge in [0.25, 0.3) is 0 Å². The van der Waals surface area contributed by atoms with Crippen LogP contribution >= 0.6 is 0 Å². The summed E-state index contributed by atoms with van der Waals surface area (Å²) in [6.07, 6.45) is 2.13. The maximum Gasteiger partial charge on any atom is 0.146 e. The number of halogens is 1. The molecule has 0 bridgehead atoms. The second-order valence-corrected chi connectivity index (χ2v) is 3.67. The molecule has 1 saturated carbocycles. The van der Waals surface area contributed by atoms with Crippen molar-refractivity contribution in [2.75, 3.05) is 11.9 Å². The Labute approximate surface area is 82.9 Å². The van der Waals surface area contributed by atoms with Crippen molar-refractivity contribution in [2.45, 2.75) is 12.8 Å². The van der Waals surface area contributed by atoms with Gasteiger partial charge in [-0.2, -0.15) is 0 Å². The van der Waals surface area contributed by atoms with Crippen LogP contribution in [0.15, 0.2) is 24.3 Å². The van der Waals surface area contributed by atoms with Gasteiger partial charge >= 0.3 is 0 Å². The molecule has 14 heavy (non-hydrogen) atoms. The summed E-state index contributed by atoms with van der Waals surface area (Å²) in [7, 11) is 1.75. The molecule has 0 aliphatic heterocycles. The van der Waals surface area contributed by atoms with Crippen LogP contribution in [0.25, 0.3) is 0 Å². The average Bonchev–Trinajstić information content (AvgIpc) is 3.00. The number of hydrogen-bond acceptors (Lipinski definition) is 1. The van der Waals surface area contributed by atoms with E-state index in [0.717, 1.165) is 12.8 Å². The van der Waals surface area contributed by atoms with Crippen LogP contribution in [0.4, 0.5) is 10.1 Å². The standard InChI is InChI=1S/C11H13FN2/c1-14(11(13)8-6-7-8)10-5-3-2-4-9(10)12/h2-5,8,13H,6-7H2,1H3. The van der Waals surface area contributed by atoms with Gasteiger partial charge in [0.1, 0.15) is 11.7 Å². The van der Waals surface area contributed by atoms with E-state index < -0.39 is 0 Å². The van der Waals surface area contributed by atoms with E-state index in [0.29, 0.717) is 17.4 Å². The predicted octanol–water partition coefficient (Wildman–Crippen LogP) is 2.65. The van der Waals surface area contributed by atoms with Crippen molar-refractivity contribution in [2.24, 2.45) is 5.92 Å². The van der Waals surface area contributed by atoms with Gasteiger partial charge in [-0.1, -0.05) is 12.1 Å². The maximum absolute atomic E-state index is 13.3. The summed E-state index contributed by atoms with van der Waals surface area (Å²) in [5.74, 6) is 0.607. The Morgan fingerprint density at radius 2 is 2.07 bits per heavy atom. The van der Waals surface area contributed by atoms with Crippen LogP contribution < -0.4 is 4.90 Å². The summed E-state index contributed by atoms with van der Waals surface area (Å²) in [6, 6.07) is 6.57. The smallest absolute Gasteiger partial charge is 0.146 e. The van der Waals surface area contributed by atoms with Gasteiger partial charge in [0.15, 0.2) is 0 Å². The number of para-hydroxylation sites is 1. The topological polar surface area (TPSA) is 27.1 Å². The minimum absolute atomic E-state index is 0.264. The number of amidine groups is 1. The molecule has 0 amide bonds. The molecule has 0 spiro atoms.